The van der Waals surface area contributed by atoms with Gasteiger partial charge in [-0.2, -0.15) is 0 Å². The van der Waals surface area contributed by atoms with Gasteiger partial charge < -0.3 is 19.5 Å². The van der Waals surface area contributed by atoms with Crippen molar-refractivity contribution in [2.24, 2.45) is 11.8 Å². The van der Waals surface area contributed by atoms with E-state index in [4.69, 9.17) is 14.2 Å². The van der Waals surface area contributed by atoms with Crippen molar-refractivity contribution >= 4 is 0 Å². The molecule has 3 atom stereocenters. The van der Waals surface area contributed by atoms with E-state index in [0.717, 1.165) is 44.3 Å². The van der Waals surface area contributed by atoms with Gasteiger partial charge in [-0.25, -0.2) is 5.43 Å². The number of fused-ring (bicyclic) bond motifs is 1. The second kappa shape index (κ2) is 7.70. The fraction of sp³-hybridized carbons (Fsp3) is 0.667. The van der Waals surface area contributed by atoms with E-state index < -0.39 is 0 Å². The van der Waals surface area contributed by atoms with Gasteiger partial charge in [0.05, 0.1) is 12.6 Å². The van der Waals surface area contributed by atoms with Crippen LogP contribution in [0, 0.1) is 11.8 Å². The lowest BCUT2D eigenvalue weighted by molar-refractivity contribution is 0.0545. The van der Waals surface area contributed by atoms with Gasteiger partial charge in [0.2, 0.25) is 0 Å². The first kappa shape index (κ1) is 16.1. The predicted molar refractivity (Wildman–Crippen MR) is 91.2 cm³/mol. The molecule has 2 fully saturated rings. The molecule has 1 aromatic carbocycles. The zero-order chi connectivity index (χ0) is 16.2. The van der Waals surface area contributed by atoms with Crippen molar-refractivity contribution in [3.63, 3.8) is 0 Å². The Balaban J connectivity index is 1.34. The third-order valence-corrected chi connectivity index (χ3v) is 5.11. The topological polar surface area (TPSA) is 63.8 Å². The lowest BCUT2D eigenvalue weighted by Gasteiger charge is -2.25. The van der Waals surface area contributed by atoms with Gasteiger partial charge in [-0.1, -0.05) is 6.07 Å². The van der Waals surface area contributed by atoms with E-state index in [0.29, 0.717) is 25.0 Å². The van der Waals surface area contributed by atoms with Gasteiger partial charge in [-0.05, 0) is 36.5 Å². The maximum absolute atomic E-state index is 5.72. The average Bonchev–Trinajstić information content (AvgIpc) is 3.11. The van der Waals surface area contributed by atoms with Crippen LogP contribution in [0.3, 0.4) is 0 Å². The van der Waals surface area contributed by atoms with Crippen LogP contribution in [0.5, 0.6) is 11.5 Å². The first-order valence-electron chi connectivity index (χ1n) is 9.06. The number of ether oxygens (including phenoxy) is 3. The fourth-order valence-electron chi connectivity index (χ4n) is 3.78. The summed E-state index contributed by atoms with van der Waals surface area (Å²) in [4.78, 5) is 0. The van der Waals surface area contributed by atoms with E-state index in [-0.39, 0.29) is 6.04 Å². The van der Waals surface area contributed by atoms with E-state index in [1.54, 1.807) is 0 Å². The Morgan fingerprint density at radius 3 is 2.88 bits per heavy atom. The lowest BCUT2D eigenvalue weighted by Crippen LogP contribution is -2.34. The maximum atomic E-state index is 5.72. The van der Waals surface area contributed by atoms with Crippen molar-refractivity contribution in [3.05, 3.63) is 23.8 Å². The lowest BCUT2D eigenvalue weighted by atomic mass is 9.94. The second-order valence-electron chi connectivity index (χ2n) is 6.91. The molecule has 24 heavy (non-hydrogen) atoms. The summed E-state index contributed by atoms with van der Waals surface area (Å²) in [6.45, 7) is 6.10. The molecule has 3 aliphatic heterocycles. The molecule has 0 amide bonds. The van der Waals surface area contributed by atoms with Gasteiger partial charge in [0.1, 0.15) is 13.2 Å². The van der Waals surface area contributed by atoms with Crippen molar-refractivity contribution in [3.8, 4) is 11.5 Å². The van der Waals surface area contributed by atoms with Gasteiger partial charge in [0, 0.05) is 32.2 Å². The Bertz CT molecular complexity index is 548. The van der Waals surface area contributed by atoms with E-state index in [2.05, 4.69) is 28.3 Å². The molecule has 0 saturated carbocycles. The standard InChI is InChI=1S/C18H27N3O3/c1-2-13(12-22-5-1)9-19-10-15-11-20-21-18(15)14-3-4-16-17(8-14)24-7-6-23-16/h3-4,8,13,15,18-21H,1-2,5-7,9-12H2. The highest BCUT2D eigenvalue weighted by Crippen LogP contribution is 2.35. The summed E-state index contributed by atoms with van der Waals surface area (Å²) in [5.41, 5.74) is 7.96. The third kappa shape index (κ3) is 3.67. The Morgan fingerprint density at radius 1 is 1.08 bits per heavy atom. The van der Waals surface area contributed by atoms with Crippen molar-refractivity contribution < 1.29 is 14.2 Å². The van der Waals surface area contributed by atoms with Gasteiger partial charge in [0.15, 0.2) is 11.5 Å². The molecule has 0 aliphatic carbocycles. The van der Waals surface area contributed by atoms with Crippen LogP contribution < -0.4 is 25.6 Å². The zero-order valence-electron chi connectivity index (χ0n) is 14.1. The van der Waals surface area contributed by atoms with E-state index in [9.17, 15) is 0 Å². The molecule has 3 aliphatic rings. The van der Waals surface area contributed by atoms with Crippen molar-refractivity contribution in [1.82, 2.24) is 16.2 Å². The molecule has 3 N–H and O–H groups in total. The van der Waals surface area contributed by atoms with E-state index >= 15 is 0 Å². The van der Waals surface area contributed by atoms with Gasteiger partial charge in [-0.15, -0.1) is 0 Å². The molecule has 4 rings (SSSR count). The van der Waals surface area contributed by atoms with Gasteiger partial charge in [0.25, 0.3) is 0 Å². The molecule has 0 aromatic heterocycles. The summed E-state index contributed by atoms with van der Waals surface area (Å²) in [5.74, 6) is 2.88. The summed E-state index contributed by atoms with van der Waals surface area (Å²) in [7, 11) is 0. The Labute approximate surface area is 143 Å². The molecule has 3 heterocycles. The average molecular weight is 333 g/mol. The number of hydrogen-bond donors (Lipinski definition) is 3. The quantitative estimate of drug-likeness (QED) is 0.754. The number of hydrogen-bond acceptors (Lipinski definition) is 6. The molecule has 3 unspecified atom stereocenters. The minimum absolute atomic E-state index is 0.288. The monoisotopic (exact) mass is 333 g/mol. The van der Waals surface area contributed by atoms with Crippen LogP contribution in [-0.2, 0) is 4.74 Å². The molecule has 6 heteroatoms. The van der Waals surface area contributed by atoms with Gasteiger partial charge in [-0.3, -0.25) is 5.43 Å². The summed E-state index contributed by atoms with van der Waals surface area (Å²) >= 11 is 0. The van der Waals surface area contributed by atoms with Crippen molar-refractivity contribution in [2.75, 3.05) is 46.1 Å². The second-order valence-corrected chi connectivity index (χ2v) is 6.91. The highest BCUT2D eigenvalue weighted by atomic mass is 16.6. The molecular formula is C18H27N3O3. The minimum atomic E-state index is 0.288. The smallest absolute Gasteiger partial charge is 0.161 e. The van der Waals surface area contributed by atoms with Crippen LogP contribution in [0.2, 0.25) is 0 Å². The zero-order valence-corrected chi connectivity index (χ0v) is 14.1. The minimum Gasteiger partial charge on any atom is -0.486 e. The van der Waals surface area contributed by atoms with Crippen LogP contribution >= 0.6 is 0 Å². The van der Waals surface area contributed by atoms with E-state index in [1.165, 1.54) is 18.4 Å². The summed E-state index contributed by atoms with van der Waals surface area (Å²) in [5, 5.41) is 3.64. The number of rotatable bonds is 5. The number of hydrazine groups is 1. The molecule has 0 spiro atoms. The van der Waals surface area contributed by atoms with Crippen molar-refractivity contribution in [1.29, 1.82) is 0 Å². The van der Waals surface area contributed by atoms with Crippen LogP contribution in [0.15, 0.2) is 18.2 Å². The molecule has 0 bridgehead atoms. The molecular weight excluding hydrogens is 306 g/mol. The third-order valence-electron chi connectivity index (χ3n) is 5.11. The summed E-state index contributed by atoms with van der Waals surface area (Å²) in [6, 6.07) is 6.56. The van der Waals surface area contributed by atoms with E-state index in [1.807, 2.05) is 6.07 Å². The highest BCUT2D eigenvalue weighted by molar-refractivity contribution is 5.45. The van der Waals surface area contributed by atoms with Crippen LogP contribution in [0.1, 0.15) is 24.4 Å². The summed E-state index contributed by atoms with van der Waals surface area (Å²) < 4.78 is 16.9. The largest absolute Gasteiger partial charge is 0.486 e. The normalized spacial score (nSPS) is 29.6. The Morgan fingerprint density at radius 2 is 2.00 bits per heavy atom. The molecule has 132 valence electrons. The van der Waals surface area contributed by atoms with Crippen LogP contribution in [0.4, 0.5) is 0 Å². The summed E-state index contributed by atoms with van der Waals surface area (Å²) in [6.07, 6.45) is 2.47. The Kier molecular flexibility index (Phi) is 5.18. The maximum Gasteiger partial charge on any atom is 0.161 e. The highest BCUT2D eigenvalue weighted by Gasteiger charge is 2.29. The fourth-order valence-corrected chi connectivity index (χ4v) is 3.78. The molecule has 6 nitrogen and oxygen atoms in total. The van der Waals surface area contributed by atoms with Crippen molar-refractivity contribution in [2.45, 2.75) is 18.9 Å². The SMILES string of the molecule is c1cc2c(cc1C1NNCC1CNCC1CCCOC1)OCCO2. The number of benzene rings is 1. The first-order chi connectivity index (χ1) is 11.9. The Hall–Kier alpha value is -1.34. The van der Waals surface area contributed by atoms with Crippen LogP contribution in [-0.4, -0.2) is 46.1 Å². The molecule has 1 aromatic rings. The first-order valence-corrected chi connectivity index (χ1v) is 9.06. The van der Waals surface area contributed by atoms with Gasteiger partial charge >= 0.3 is 0 Å². The molecule has 0 radical (unpaired) electrons. The van der Waals surface area contributed by atoms with Crippen LogP contribution in [0.25, 0.3) is 0 Å². The predicted octanol–water partition coefficient (Wildman–Crippen LogP) is 1.24. The number of nitrogens with one attached hydrogen (secondary N) is 3. The molecule has 2 saturated heterocycles.